The molecule has 0 unspecified atom stereocenters. The first-order valence-electron chi connectivity index (χ1n) is 5.18. The van der Waals surface area contributed by atoms with E-state index in [4.69, 9.17) is 5.73 Å². The lowest BCUT2D eigenvalue weighted by molar-refractivity contribution is 0.102. The van der Waals surface area contributed by atoms with Gasteiger partial charge < -0.3 is 11.1 Å². The van der Waals surface area contributed by atoms with Gasteiger partial charge in [-0.1, -0.05) is 6.07 Å². The van der Waals surface area contributed by atoms with Crippen molar-refractivity contribution in [1.82, 2.24) is 0 Å². The third kappa shape index (κ3) is 2.98. The Morgan fingerprint density at radius 1 is 1.22 bits per heavy atom. The minimum atomic E-state index is -0.590. The molecule has 0 spiro atoms. The summed E-state index contributed by atoms with van der Waals surface area (Å²) in [5.74, 6) is -1.10. The minimum absolute atomic E-state index is 0.0612. The maximum atomic E-state index is 13.5. The predicted molar refractivity (Wildman–Crippen MR) is 77.9 cm³/mol. The van der Waals surface area contributed by atoms with Crippen molar-refractivity contribution in [2.45, 2.75) is 0 Å². The summed E-state index contributed by atoms with van der Waals surface area (Å²) in [6.07, 6.45) is 0. The van der Waals surface area contributed by atoms with Crippen molar-refractivity contribution < 1.29 is 9.18 Å². The first kappa shape index (κ1) is 12.8. The molecule has 2 aromatic carbocycles. The molecule has 1 amide bonds. The minimum Gasteiger partial charge on any atom is -0.399 e. The van der Waals surface area contributed by atoms with Gasteiger partial charge in [-0.05, 0) is 59.0 Å². The Bertz CT molecular complexity index is 601. The average molecular weight is 356 g/mol. The second-order valence-electron chi connectivity index (χ2n) is 3.70. The number of amides is 1. The van der Waals surface area contributed by atoms with Gasteiger partial charge in [0.1, 0.15) is 5.82 Å². The molecule has 0 atom stereocenters. The summed E-state index contributed by atoms with van der Waals surface area (Å²) in [4.78, 5) is 11.9. The van der Waals surface area contributed by atoms with Gasteiger partial charge in [0.05, 0.1) is 5.56 Å². The number of halogens is 2. The number of nitrogens with one attached hydrogen (secondary N) is 1. The fourth-order valence-electron chi connectivity index (χ4n) is 1.48. The second kappa shape index (κ2) is 5.34. The summed E-state index contributed by atoms with van der Waals surface area (Å²) in [5, 5.41) is 2.63. The van der Waals surface area contributed by atoms with Crippen LogP contribution in [0.5, 0.6) is 0 Å². The van der Waals surface area contributed by atoms with E-state index in [1.165, 1.54) is 18.2 Å². The summed E-state index contributed by atoms with van der Waals surface area (Å²) in [5.41, 5.74) is 6.44. The fraction of sp³-hybridized carbons (Fsp3) is 0. The topological polar surface area (TPSA) is 55.1 Å². The Morgan fingerprint density at radius 3 is 2.72 bits per heavy atom. The van der Waals surface area contributed by atoms with Gasteiger partial charge in [-0.2, -0.15) is 0 Å². The largest absolute Gasteiger partial charge is 0.399 e. The highest BCUT2D eigenvalue weighted by Crippen LogP contribution is 2.16. The fourth-order valence-corrected chi connectivity index (χ4v) is 2.02. The van der Waals surface area contributed by atoms with Crippen LogP contribution in [0.1, 0.15) is 10.4 Å². The van der Waals surface area contributed by atoms with Crippen molar-refractivity contribution in [3.05, 3.63) is 57.4 Å². The number of rotatable bonds is 2. The molecule has 0 saturated heterocycles. The molecule has 0 aliphatic carbocycles. The van der Waals surface area contributed by atoms with E-state index in [0.29, 0.717) is 11.4 Å². The molecule has 3 N–H and O–H groups in total. The van der Waals surface area contributed by atoms with Crippen molar-refractivity contribution in [3.63, 3.8) is 0 Å². The van der Waals surface area contributed by atoms with Crippen LogP contribution in [-0.2, 0) is 0 Å². The van der Waals surface area contributed by atoms with Gasteiger partial charge in [0.15, 0.2) is 0 Å². The highest BCUT2D eigenvalue weighted by atomic mass is 127. The van der Waals surface area contributed by atoms with Crippen LogP contribution in [0.25, 0.3) is 0 Å². The highest BCUT2D eigenvalue weighted by molar-refractivity contribution is 14.1. The molecule has 5 heteroatoms. The van der Waals surface area contributed by atoms with Gasteiger partial charge in [-0.15, -0.1) is 0 Å². The molecule has 0 bridgehead atoms. The van der Waals surface area contributed by atoms with Crippen molar-refractivity contribution >= 4 is 39.9 Å². The molecule has 0 aliphatic rings. The number of benzene rings is 2. The van der Waals surface area contributed by atoms with Crippen molar-refractivity contribution in [2.75, 3.05) is 11.1 Å². The lowest BCUT2D eigenvalue weighted by atomic mass is 10.1. The monoisotopic (exact) mass is 356 g/mol. The summed E-state index contributed by atoms with van der Waals surface area (Å²) < 4.78 is 14.5. The van der Waals surface area contributed by atoms with Gasteiger partial charge in [0.2, 0.25) is 0 Å². The molecule has 0 aromatic heterocycles. The first-order valence-corrected chi connectivity index (χ1v) is 6.26. The number of hydrogen-bond acceptors (Lipinski definition) is 2. The molecule has 0 heterocycles. The molecule has 0 fully saturated rings. The van der Waals surface area contributed by atoms with E-state index < -0.39 is 11.7 Å². The van der Waals surface area contributed by atoms with Crippen molar-refractivity contribution in [2.24, 2.45) is 0 Å². The Balaban J connectivity index is 2.24. The summed E-state index contributed by atoms with van der Waals surface area (Å²) in [6.45, 7) is 0. The van der Waals surface area contributed by atoms with Crippen LogP contribution in [-0.4, -0.2) is 5.91 Å². The average Bonchev–Trinajstić information content (AvgIpc) is 2.32. The van der Waals surface area contributed by atoms with E-state index in [2.05, 4.69) is 27.9 Å². The Hall–Kier alpha value is -1.63. The standard InChI is InChI=1S/C13H10FIN2O/c14-12-5-4-9(16)7-11(12)13(18)17-10-3-1-2-8(15)6-10/h1-7H,16H2,(H,17,18). The van der Waals surface area contributed by atoms with Crippen molar-refractivity contribution in [1.29, 1.82) is 0 Å². The lowest BCUT2D eigenvalue weighted by Gasteiger charge is -2.07. The van der Waals surface area contributed by atoms with E-state index in [-0.39, 0.29) is 5.56 Å². The summed E-state index contributed by atoms with van der Waals surface area (Å²) >= 11 is 2.13. The second-order valence-corrected chi connectivity index (χ2v) is 4.95. The number of nitrogen functional groups attached to an aromatic ring is 1. The van der Waals surface area contributed by atoms with Crippen LogP contribution in [0, 0.1) is 9.39 Å². The molecule has 92 valence electrons. The molecule has 2 aromatic rings. The third-order valence-electron chi connectivity index (χ3n) is 2.32. The number of carbonyl (C=O) groups is 1. The third-order valence-corrected chi connectivity index (χ3v) is 2.99. The Kier molecular flexibility index (Phi) is 3.81. The molecular formula is C13H10FIN2O. The molecule has 2 rings (SSSR count). The van der Waals surface area contributed by atoms with Gasteiger partial charge >= 0.3 is 0 Å². The normalized spacial score (nSPS) is 10.1. The van der Waals surface area contributed by atoms with Crippen LogP contribution in [0.15, 0.2) is 42.5 Å². The zero-order valence-electron chi connectivity index (χ0n) is 9.28. The van der Waals surface area contributed by atoms with Gasteiger partial charge in [0, 0.05) is 14.9 Å². The number of nitrogens with two attached hydrogens (primary N) is 1. The molecule has 0 aliphatic heterocycles. The Labute approximate surface area is 117 Å². The van der Waals surface area contributed by atoms with Crippen LogP contribution >= 0.6 is 22.6 Å². The van der Waals surface area contributed by atoms with E-state index in [9.17, 15) is 9.18 Å². The van der Waals surface area contributed by atoms with Gasteiger partial charge in [0.25, 0.3) is 5.91 Å². The summed E-state index contributed by atoms with van der Waals surface area (Å²) in [6, 6.07) is 11.2. The summed E-state index contributed by atoms with van der Waals surface area (Å²) in [7, 11) is 0. The first-order chi connectivity index (χ1) is 8.56. The Morgan fingerprint density at radius 2 is 2.00 bits per heavy atom. The molecule has 0 saturated carbocycles. The number of hydrogen-bond donors (Lipinski definition) is 2. The van der Waals surface area contributed by atoms with Gasteiger partial charge in [-0.25, -0.2) is 4.39 Å². The molecule has 0 radical (unpaired) electrons. The predicted octanol–water partition coefficient (Wildman–Crippen LogP) is 3.26. The SMILES string of the molecule is Nc1ccc(F)c(C(=O)Nc2cccc(I)c2)c1. The van der Waals surface area contributed by atoms with Crippen LogP contribution < -0.4 is 11.1 Å². The van der Waals surface area contributed by atoms with Crippen LogP contribution in [0.2, 0.25) is 0 Å². The van der Waals surface area contributed by atoms with Crippen molar-refractivity contribution in [3.8, 4) is 0 Å². The van der Waals surface area contributed by atoms with Crippen LogP contribution in [0.4, 0.5) is 15.8 Å². The van der Waals surface area contributed by atoms with E-state index in [0.717, 1.165) is 3.57 Å². The van der Waals surface area contributed by atoms with Gasteiger partial charge in [-0.3, -0.25) is 4.79 Å². The zero-order chi connectivity index (χ0) is 13.1. The van der Waals surface area contributed by atoms with E-state index >= 15 is 0 Å². The molecular weight excluding hydrogens is 346 g/mol. The number of anilines is 2. The lowest BCUT2D eigenvalue weighted by Crippen LogP contribution is -2.14. The van der Waals surface area contributed by atoms with Crippen LogP contribution in [0.3, 0.4) is 0 Å². The highest BCUT2D eigenvalue weighted by Gasteiger charge is 2.12. The number of carbonyl (C=O) groups excluding carboxylic acids is 1. The smallest absolute Gasteiger partial charge is 0.258 e. The maximum absolute atomic E-state index is 13.5. The zero-order valence-corrected chi connectivity index (χ0v) is 11.4. The molecule has 3 nitrogen and oxygen atoms in total. The quantitative estimate of drug-likeness (QED) is 0.641. The maximum Gasteiger partial charge on any atom is 0.258 e. The van der Waals surface area contributed by atoms with E-state index in [1.807, 2.05) is 12.1 Å². The molecule has 18 heavy (non-hydrogen) atoms. The van der Waals surface area contributed by atoms with E-state index in [1.54, 1.807) is 12.1 Å².